The molecule has 0 spiro atoms. The summed E-state index contributed by atoms with van der Waals surface area (Å²) in [6.07, 6.45) is 1.06. The molecule has 3 amide bonds. The van der Waals surface area contributed by atoms with Gasteiger partial charge in [0.2, 0.25) is 5.91 Å². The molecule has 4 N–H and O–H groups in total. The topological polar surface area (TPSA) is 84.2 Å². The average Bonchev–Trinajstić information content (AvgIpc) is 2.37. The fourth-order valence-electron chi connectivity index (χ4n) is 2.19. The molecular weight excluding hydrogens is 266 g/mol. The van der Waals surface area contributed by atoms with Gasteiger partial charge in [-0.2, -0.15) is 0 Å². The molecule has 1 aromatic rings. The first-order valence-electron chi connectivity index (χ1n) is 7.24. The molecule has 0 aromatic heterocycles. The maximum atomic E-state index is 11.6. The number of primary amides is 1. The standard InChI is InChI=1S/C16H25N3O2/c1-10(2)9-13-5-7-14(8-6-13)11(3)18-12(4)15(20)19-16(17)21/h5-8,10-12,18H,9H2,1-4H3,(H3,17,19,20,21)/t11-,12-/m1/s1. The van der Waals surface area contributed by atoms with Crippen molar-refractivity contribution in [3.05, 3.63) is 35.4 Å². The quantitative estimate of drug-likeness (QED) is 0.750. The Morgan fingerprint density at radius 3 is 2.14 bits per heavy atom. The Labute approximate surface area is 126 Å². The van der Waals surface area contributed by atoms with Crippen LogP contribution in [0.1, 0.15) is 44.9 Å². The summed E-state index contributed by atoms with van der Waals surface area (Å²) in [6, 6.07) is 7.03. The highest BCUT2D eigenvalue weighted by Gasteiger charge is 2.17. The van der Waals surface area contributed by atoms with Gasteiger partial charge in [-0.05, 0) is 37.3 Å². The zero-order chi connectivity index (χ0) is 16.0. The van der Waals surface area contributed by atoms with Gasteiger partial charge in [0.15, 0.2) is 0 Å². The van der Waals surface area contributed by atoms with Crippen LogP contribution in [0.15, 0.2) is 24.3 Å². The highest BCUT2D eigenvalue weighted by molar-refractivity contribution is 5.96. The summed E-state index contributed by atoms with van der Waals surface area (Å²) in [4.78, 5) is 22.3. The number of hydrogen-bond acceptors (Lipinski definition) is 3. The van der Waals surface area contributed by atoms with E-state index in [1.807, 2.05) is 6.92 Å². The lowest BCUT2D eigenvalue weighted by molar-refractivity contribution is -0.121. The molecule has 1 aromatic carbocycles. The van der Waals surface area contributed by atoms with E-state index in [0.717, 1.165) is 12.0 Å². The zero-order valence-electron chi connectivity index (χ0n) is 13.1. The molecule has 0 radical (unpaired) electrons. The van der Waals surface area contributed by atoms with Crippen LogP contribution in [0.2, 0.25) is 0 Å². The molecule has 0 aliphatic heterocycles. The molecule has 0 aliphatic carbocycles. The molecule has 116 valence electrons. The van der Waals surface area contributed by atoms with E-state index >= 15 is 0 Å². The number of amides is 3. The fourth-order valence-corrected chi connectivity index (χ4v) is 2.19. The van der Waals surface area contributed by atoms with E-state index in [1.165, 1.54) is 5.56 Å². The SMILES string of the molecule is CC(C)Cc1ccc([C@@H](C)N[C@H](C)C(=O)NC(N)=O)cc1. The Bertz CT molecular complexity index is 483. The van der Waals surface area contributed by atoms with Crippen LogP contribution in [0.3, 0.4) is 0 Å². The van der Waals surface area contributed by atoms with Crippen molar-refractivity contribution in [2.24, 2.45) is 11.7 Å². The van der Waals surface area contributed by atoms with Gasteiger partial charge in [-0.3, -0.25) is 15.4 Å². The summed E-state index contributed by atoms with van der Waals surface area (Å²) in [6.45, 7) is 8.06. The second-order valence-corrected chi connectivity index (χ2v) is 5.80. The van der Waals surface area contributed by atoms with Gasteiger partial charge in [-0.1, -0.05) is 38.1 Å². The maximum absolute atomic E-state index is 11.6. The number of nitrogens with one attached hydrogen (secondary N) is 2. The first-order valence-corrected chi connectivity index (χ1v) is 7.24. The molecule has 0 saturated heterocycles. The molecule has 2 atom stereocenters. The van der Waals surface area contributed by atoms with Gasteiger partial charge in [-0.15, -0.1) is 0 Å². The van der Waals surface area contributed by atoms with Crippen LogP contribution < -0.4 is 16.4 Å². The smallest absolute Gasteiger partial charge is 0.318 e. The highest BCUT2D eigenvalue weighted by atomic mass is 16.2. The summed E-state index contributed by atoms with van der Waals surface area (Å²) in [5.74, 6) is 0.203. The second kappa shape index (κ2) is 7.78. The van der Waals surface area contributed by atoms with Crippen LogP contribution in [0, 0.1) is 5.92 Å². The molecule has 0 saturated carbocycles. The Hall–Kier alpha value is -1.88. The van der Waals surface area contributed by atoms with Crippen LogP contribution in [-0.2, 0) is 11.2 Å². The number of rotatable bonds is 6. The third-order valence-corrected chi connectivity index (χ3v) is 3.26. The van der Waals surface area contributed by atoms with Gasteiger partial charge in [0.25, 0.3) is 0 Å². The lowest BCUT2D eigenvalue weighted by Crippen LogP contribution is -2.47. The van der Waals surface area contributed by atoms with Crippen molar-refractivity contribution >= 4 is 11.9 Å². The van der Waals surface area contributed by atoms with Gasteiger partial charge in [0, 0.05) is 6.04 Å². The van der Waals surface area contributed by atoms with Gasteiger partial charge in [-0.25, -0.2) is 4.79 Å². The molecule has 1 rings (SSSR count). The number of carbonyl (C=O) groups excluding carboxylic acids is 2. The second-order valence-electron chi connectivity index (χ2n) is 5.80. The van der Waals surface area contributed by atoms with E-state index in [1.54, 1.807) is 6.92 Å². The molecular formula is C16H25N3O2. The summed E-state index contributed by atoms with van der Waals surface area (Å²) >= 11 is 0. The summed E-state index contributed by atoms with van der Waals surface area (Å²) in [7, 11) is 0. The highest BCUT2D eigenvalue weighted by Crippen LogP contribution is 2.16. The van der Waals surface area contributed by atoms with E-state index in [-0.39, 0.29) is 6.04 Å². The van der Waals surface area contributed by atoms with Crippen LogP contribution in [0.5, 0.6) is 0 Å². The van der Waals surface area contributed by atoms with Crippen LogP contribution >= 0.6 is 0 Å². The Kier molecular flexibility index (Phi) is 6.37. The predicted molar refractivity (Wildman–Crippen MR) is 83.7 cm³/mol. The van der Waals surface area contributed by atoms with Crippen molar-refractivity contribution in [2.45, 2.75) is 46.2 Å². The van der Waals surface area contributed by atoms with Crippen LogP contribution in [0.25, 0.3) is 0 Å². The van der Waals surface area contributed by atoms with E-state index in [2.05, 4.69) is 48.7 Å². The largest absolute Gasteiger partial charge is 0.351 e. The van der Waals surface area contributed by atoms with Crippen molar-refractivity contribution in [3.8, 4) is 0 Å². The number of urea groups is 1. The summed E-state index contributed by atoms with van der Waals surface area (Å²) in [5, 5.41) is 5.21. The first-order chi connectivity index (χ1) is 9.79. The van der Waals surface area contributed by atoms with Crippen molar-refractivity contribution < 1.29 is 9.59 Å². The number of nitrogens with two attached hydrogens (primary N) is 1. The van der Waals surface area contributed by atoms with Crippen molar-refractivity contribution in [3.63, 3.8) is 0 Å². The van der Waals surface area contributed by atoms with E-state index in [9.17, 15) is 9.59 Å². The molecule has 5 nitrogen and oxygen atoms in total. The zero-order valence-corrected chi connectivity index (χ0v) is 13.1. The lowest BCUT2D eigenvalue weighted by Gasteiger charge is -2.19. The number of imide groups is 1. The molecule has 0 fully saturated rings. The fraction of sp³-hybridized carbons (Fsp3) is 0.500. The molecule has 0 heterocycles. The molecule has 0 bridgehead atoms. The predicted octanol–water partition coefficient (Wildman–Crippen LogP) is 2.12. The van der Waals surface area contributed by atoms with Gasteiger partial charge >= 0.3 is 6.03 Å². The van der Waals surface area contributed by atoms with E-state index in [0.29, 0.717) is 5.92 Å². The average molecular weight is 291 g/mol. The van der Waals surface area contributed by atoms with Gasteiger partial charge in [0.1, 0.15) is 0 Å². The molecule has 0 aliphatic rings. The number of hydrogen-bond donors (Lipinski definition) is 3. The minimum Gasteiger partial charge on any atom is -0.351 e. The minimum absolute atomic E-state index is 0.00623. The lowest BCUT2D eigenvalue weighted by atomic mass is 9.99. The summed E-state index contributed by atoms with van der Waals surface area (Å²) in [5.41, 5.74) is 7.34. The third kappa shape index (κ3) is 5.95. The van der Waals surface area contributed by atoms with Crippen LogP contribution in [-0.4, -0.2) is 18.0 Å². The van der Waals surface area contributed by atoms with Gasteiger partial charge < -0.3 is 5.73 Å². The first kappa shape index (κ1) is 17.2. The van der Waals surface area contributed by atoms with Crippen molar-refractivity contribution in [1.29, 1.82) is 0 Å². The third-order valence-electron chi connectivity index (χ3n) is 3.26. The normalized spacial score (nSPS) is 13.8. The minimum atomic E-state index is -0.834. The Balaban J connectivity index is 2.60. The van der Waals surface area contributed by atoms with Crippen molar-refractivity contribution in [2.75, 3.05) is 0 Å². The van der Waals surface area contributed by atoms with Crippen molar-refractivity contribution in [1.82, 2.24) is 10.6 Å². The van der Waals surface area contributed by atoms with E-state index < -0.39 is 18.0 Å². The number of carbonyl (C=O) groups is 2. The molecule has 5 heteroatoms. The Morgan fingerprint density at radius 2 is 1.67 bits per heavy atom. The van der Waals surface area contributed by atoms with E-state index in [4.69, 9.17) is 5.73 Å². The molecule has 21 heavy (non-hydrogen) atoms. The van der Waals surface area contributed by atoms with Gasteiger partial charge in [0.05, 0.1) is 6.04 Å². The monoisotopic (exact) mass is 291 g/mol. The summed E-state index contributed by atoms with van der Waals surface area (Å²) < 4.78 is 0. The maximum Gasteiger partial charge on any atom is 0.318 e. The van der Waals surface area contributed by atoms with Crippen LogP contribution in [0.4, 0.5) is 4.79 Å². The molecule has 0 unspecified atom stereocenters. The number of benzene rings is 1. The Morgan fingerprint density at radius 1 is 1.10 bits per heavy atom.